The largest absolute Gasteiger partial charge is 0.456 e. The third kappa shape index (κ3) is 7.05. The molecule has 0 bridgehead atoms. The quantitative estimate of drug-likeness (QED) is 0.171. The molecule has 12 aromatic rings. The van der Waals surface area contributed by atoms with Gasteiger partial charge in [0.2, 0.25) is 0 Å². The van der Waals surface area contributed by atoms with Gasteiger partial charge >= 0.3 is 0 Å². The summed E-state index contributed by atoms with van der Waals surface area (Å²) in [6, 6.07) is 93.5. The van der Waals surface area contributed by atoms with Crippen LogP contribution in [0.2, 0.25) is 0 Å². The fraction of sp³-hybridized carbons (Fsp3) is 0.0270. The Morgan fingerprint density at radius 2 is 0.935 bits per heavy atom. The number of hydrogen-bond acceptors (Lipinski definition) is 3. The number of hydrogen-bond donors (Lipinski definition) is 0. The molecule has 3 nitrogen and oxygen atoms in total. The van der Waals surface area contributed by atoms with Gasteiger partial charge in [-0.3, -0.25) is 0 Å². The maximum Gasteiger partial charge on any atom is 0.136 e. The molecule has 0 fully saturated rings. The normalized spacial score (nSPS) is 15.7. The van der Waals surface area contributed by atoms with Crippen molar-refractivity contribution >= 4 is 61.6 Å². The second kappa shape index (κ2) is 17.9. The Kier molecular flexibility index (Phi) is 10.3. The van der Waals surface area contributed by atoms with Gasteiger partial charge in [-0.05, 0) is 158 Å². The molecule has 0 amide bonds. The lowest BCUT2D eigenvalue weighted by Gasteiger charge is -2.36. The minimum absolute atomic E-state index is 0.582. The van der Waals surface area contributed by atoms with E-state index in [2.05, 4.69) is 289 Å². The van der Waals surface area contributed by atoms with Crippen molar-refractivity contribution in [2.45, 2.75) is 11.8 Å². The van der Waals surface area contributed by atoms with Crippen molar-refractivity contribution in [3.05, 3.63) is 308 Å². The van der Waals surface area contributed by atoms with Gasteiger partial charge in [-0.1, -0.05) is 207 Å². The first kappa shape index (κ1) is 44.5. The molecule has 1 atom stereocenters. The first-order chi connectivity index (χ1) is 38.1. The summed E-state index contributed by atoms with van der Waals surface area (Å²) in [5.74, 6) is 0. The third-order valence-corrected chi connectivity index (χ3v) is 16.3. The summed E-state index contributed by atoms with van der Waals surface area (Å²) < 4.78 is 6.62. The minimum atomic E-state index is -0.582. The van der Waals surface area contributed by atoms with Crippen LogP contribution in [0, 0.1) is 0 Å². The lowest BCUT2D eigenvalue weighted by Crippen LogP contribution is -2.27. The molecule has 77 heavy (non-hydrogen) atoms. The summed E-state index contributed by atoms with van der Waals surface area (Å²) in [6.07, 6.45) is 9.60. The second-order valence-electron chi connectivity index (χ2n) is 20.4. The molecule has 1 aromatic heterocycles. The predicted octanol–water partition coefficient (Wildman–Crippen LogP) is 20.4. The molecular weight excluding hydrogens is 933 g/mol. The number of furan rings is 1. The van der Waals surface area contributed by atoms with E-state index in [-0.39, 0.29) is 0 Å². The smallest absolute Gasteiger partial charge is 0.136 e. The molecular formula is C74H50N2O. The fourth-order valence-corrected chi connectivity index (χ4v) is 12.8. The number of nitrogens with zero attached hydrogens (tertiary/aromatic N) is 2. The van der Waals surface area contributed by atoms with Crippen molar-refractivity contribution in [1.82, 2.24) is 0 Å². The average molecular weight is 983 g/mol. The van der Waals surface area contributed by atoms with Gasteiger partial charge in [0.1, 0.15) is 11.2 Å². The van der Waals surface area contributed by atoms with E-state index in [1.807, 2.05) is 0 Å². The first-order valence-electron chi connectivity index (χ1n) is 26.6. The van der Waals surface area contributed by atoms with Crippen LogP contribution in [0.4, 0.5) is 34.1 Å². The van der Waals surface area contributed by atoms with Gasteiger partial charge < -0.3 is 14.2 Å². The molecule has 15 rings (SSSR count). The zero-order valence-corrected chi connectivity index (χ0v) is 42.3. The standard InChI is InChI=1S/C74H50N2O/c1-49-21-5-4-20-44-74(67-33-17-14-30-60(67)64-48-73-66(47-69(64)74)62-32-16-19-35-72(62)77-73)68-42-40-54(45-63(68)57-27-11-10-26-56(49)57)75(53-38-36-51(37-39-53)50-22-6-2-7-23-50)55-41-43-71-65(46-55)59-29-13-12-28-58(59)61-31-15-18-34-70(61)76(71)52-24-8-3-9-25-52/h2-43,45-48H,1,44H2/b20-4-,21-5-. The van der Waals surface area contributed by atoms with E-state index in [9.17, 15) is 0 Å². The molecule has 11 aromatic carbocycles. The molecule has 2 heterocycles. The molecule has 3 heteroatoms. The van der Waals surface area contributed by atoms with Crippen molar-refractivity contribution < 1.29 is 4.42 Å². The van der Waals surface area contributed by atoms with Gasteiger partial charge in [0.25, 0.3) is 0 Å². The number of fused-ring (bicyclic) bond motifs is 17. The van der Waals surface area contributed by atoms with E-state index in [4.69, 9.17) is 11.0 Å². The highest BCUT2D eigenvalue weighted by molar-refractivity contribution is 6.08. The Morgan fingerprint density at radius 3 is 1.73 bits per heavy atom. The van der Waals surface area contributed by atoms with Crippen molar-refractivity contribution in [3.63, 3.8) is 0 Å². The van der Waals surface area contributed by atoms with Crippen molar-refractivity contribution in [2.75, 3.05) is 9.80 Å². The first-order valence-corrected chi connectivity index (χ1v) is 26.6. The van der Waals surface area contributed by atoms with Crippen LogP contribution in [0.25, 0.3) is 83.1 Å². The molecule has 1 spiro atoms. The number of anilines is 6. The molecule has 1 unspecified atom stereocenters. The average Bonchev–Trinajstić information content (AvgIpc) is 4.20. The predicted molar refractivity (Wildman–Crippen MR) is 322 cm³/mol. The van der Waals surface area contributed by atoms with Crippen molar-refractivity contribution in [2.24, 2.45) is 0 Å². The fourth-order valence-electron chi connectivity index (χ4n) is 12.8. The Hall–Kier alpha value is -9.96. The Morgan fingerprint density at radius 1 is 0.377 bits per heavy atom. The summed E-state index contributed by atoms with van der Waals surface area (Å²) in [5, 5.41) is 2.25. The van der Waals surface area contributed by atoms with E-state index < -0.39 is 5.41 Å². The highest BCUT2D eigenvalue weighted by Gasteiger charge is 2.46. The topological polar surface area (TPSA) is 19.6 Å². The molecule has 0 N–H and O–H groups in total. The van der Waals surface area contributed by atoms with Gasteiger partial charge in [0.15, 0.2) is 0 Å². The van der Waals surface area contributed by atoms with Crippen LogP contribution >= 0.6 is 0 Å². The second-order valence-corrected chi connectivity index (χ2v) is 20.4. The molecule has 0 saturated carbocycles. The lowest BCUT2D eigenvalue weighted by molar-refractivity contribution is 0.646. The Balaban J connectivity index is 1.01. The monoisotopic (exact) mass is 982 g/mol. The SMILES string of the molecule is C=C1/C=C\C=C/CC2(c3ccc(N(c4ccc(-c5ccccc5)cc4)c4ccc5c(c4)-c4ccccc4-c4ccccc4N5c4ccccc4)cc3-c3ccccc31)c1ccccc1-c1cc3oc4ccccc4c3cc12. The summed E-state index contributed by atoms with van der Waals surface area (Å²) in [7, 11) is 0. The number of rotatable bonds is 5. The van der Waals surface area contributed by atoms with Crippen LogP contribution in [0.5, 0.6) is 0 Å². The highest BCUT2D eigenvalue weighted by Crippen LogP contribution is 2.59. The van der Waals surface area contributed by atoms with Gasteiger partial charge in [-0.25, -0.2) is 0 Å². The van der Waals surface area contributed by atoms with Gasteiger partial charge in [-0.15, -0.1) is 0 Å². The van der Waals surface area contributed by atoms with Crippen molar-refractivity contribution in [3.8, 4) is 55.6 Å². The number of benzene rings is 11. The summed E-state index contributed by atoms with van der Waals surface area (Å²) in [6.45, 7) is 4.70. The molecule has 1 aliphatic heterocycles. The molecule has 2 aliphatic carbocycles. The Labute approximate surface area is 448 Å². The van der Waals surface area contributed by atoms with Crippen molar-refractivity contribution in [1.29, 1.82) is 0 Å². The van der Waals surface area contributed by atoms with Crippen LogP contribution < -0.4 is 9.80 Å². The van der Waals surface area contributed by atoms with Crippen LogP contribution in [0.3, 0.4) is 0 Å². The Bertz CT molecular complexity index is 4390. The van der Waals surface area contributed by atoms with Gasteiger partial charge in [-0.2, -0.15) is 0 Å². The summed E-state index contributed by atoms with van der Waals surface area (Å²) >= 11 is 0. The van der Waals surface area contributed by atoms with E-state index in [0.29, 0.717) is 0 Å². The van der Waals surface area contributed by atoms with E-state index in [1.54, 1.807) is 0 Å². The molecule has 362 valence electrons. The summed E-state index contributed by atoms with van der Waals surface area (Å²) in [5.41, 5.74) is 25.4. The van der Waals surface area contributed by atoms with Crippen LogP contribution in [-0.2, 0) is 5.41 Å². The van der Waals surface area contributed by atoms with E-state index >= 15 is 0 Å². The van der Waals surface area contributed by atoms with E-state index in [0.717, 1.165) is 95.9 Å². The van der Waals surface area contributed by atoms with E-state index in [1.165, 1.54) is 50.1 Å². The number of allylic oxidation sites excluding steroid dienone is 5. The maximum absolute atomic E-state index is 6.62. The van der Waals surface area contributed by atoms with Gasteiger partial charge in [0.05, 0.1) is 16.8 Å². The zero-order valence-electron chi connectivity index (χ0n) is 42.3. The molecule has 0 radical (unpaired) electrons. The minimum Gasteiger partial charge on any atom is -0.456 e. The number of para-hydroxylation sites is 3. The molecule has 3 aliphatic rings. The van der Waals surface area contributed by atoms with Crippen LogP contribution in [0.1, 0.15) is 28.7 Å². The maximum atomic E-state index is 6.62. The molecule has 0 saturated heterocycles. The lowest BCUT2D eigenvalue weighted by atomic mass is 9.67. The third-order valence-electron chi connectivity index (χ3n) is 16.3. The highest BCUT2D eigenvalue weighted by atomic mass is 16.3. The van der Waals surface area contributed by atoms with Crippen LogP contribution in [-0.4, -0.2) is 0 Å². The van der Waals surface area contributed by atoms with Crippen LogP contribution in [0.15, 0.2) is 290 Å². The van der Waals surface area contributed by atoms with Gasteiger partial charge in [0, 0.05) is 44.6 Å². The zero-order chi connectivity index (χ0) is 51.0. The summed E-state index contributed by atoms with van der Waals surface area (Å²) in [4.78, 5) is 4.88.